The summed E-state index contributed by atoms with van der Waals surface area (Å²) >= 11 is 0. The van der Waals surface area contributed by atoms with Crippen LogP contribution < -0.4 is 10.0 Å². The molecule has 1 aliphatic heterocycles. The number of aliphatic imine (C=N–C) groups is 1. The molecule has 1 aliphatic rings. The van der Waals surface area contributed by atoms with E-state index in [1.165, 1.54) is 5.56 Å². The molecule has 24 heavy (non-hydrogen) atoms. The fraction of sp³-hybridized carbons (Fsp3) is 0.235. The molecule has 0 aromatic heterocycles. The number of guanidine groups is 1. The number of nitrogens with zero attached hydrogens (tertiary/aromatic N) is 2. The Labute approximate surface area is 142 Å². The summed E-state index contributed by atoms with van der Waals surface area (Å²) in [5, 5.41) is 3.02. The highest BCUT2D eigenvalue weighted by atomic mass is 32.2. The Hall–Kier alpha value is -2.38. The van der Waals surface area contributed by atoms with Crippen molar-refractivity contribution in [2.24, 2.45) is 4.99 Å². The molecule has 0 fully saturated rings. The standard InChI is InChI=1S/C17H20N4O2S/c22-24(23,16-9-5-2-6-10-16)20-17-18-13-21(14-19-17)12-11-15-7-3-1-4-8-15/h1-10H,11-14H2,(H2,18,19,20). The third-order valence-electron chi connectivity index (χ3n) is 3.74. The van der Waals surface area contributed by atoms with Gasteiger partial charge in [0.2, 0.25) is 5.96 Å². The van der Waals surface area contributed by atoms with Crippen LogP contribution in [-0.2, 0) is 16.4 Å². The first-order valence-electron chi connectivity index (χ1n) is 7.76. The van der Waals surface area contributed by atoms with Gasteiger partial charge >= 0.3 is 0 Å². The lowest BCUT2D eigenvalue weighted by Crippen LogP contribution is -2.50. The van der Waals surface area contributed by atoms with Gasteiger partial charge in [0.1, 0.15) is 0 Å². The van der Waals surface area contributed by atoms with Crippen LogP contribution in [0.3, 0.4) is 0 Å². The minimum atomic E-state index is -3.59. The van der Waals surface area contributed by atoms with Gasteiger partial charge < -0.3 is 5.32 Å². The van der Waals surface area contributed by atoms with Gasteiger partial charge in [0.15, 0.2) is 0 Å². The van der Waals surface area contributed by atoms with E-state index in [1.54, 1.807) is 30.3 Å². The normalized spacial score (nSPS) is 15.4. The van der Waals surface area contributed by atoms with Crippen molar-refractivity contribution < 1.29 is 8.42 Å². The van der Waals surface area contributed by atoms with Crippen molar-refractivity contribution in [3.63, 3.8) is 0 Å². The maximum atomic E-state index is 12.2. The monoisotopic (exact) mass is 344 g/mol. The van der Waals surface area contributed by atoms with E-state index in [4.69, 9.17) is 0 Å². The van der Waals surface area contributed by atoms with Crippen molar-refractivity contribution in [1.82, 2.24) is 14.9 Å². The van der Waals surface area contributed by atoms with E-state index in [1.807, 2.05) is 18.2 Å². The van der Waals surface area contributed by atoms with Crippen LogP contribution in [0.15, 0.2) is 70.6 Å². The Morgan fingerprint density at radius 2 is 1.71 bits per heavy atom. The molecule has 0 spiro atoms. The predicted molar refractivity (Wildman–Crippen MR) is 93.9 cm³/mol. The summed E-state index contributed by atoms with van der Waals surface area (Å²) in [4.78, 5) is 6.62. The molecule has 0 amide bonds. The highest BCUT2D eigenvalue weighted by Gasteiger charge is 2.18. The van der Waals surface area contributed by atoms with E-state index >= 15 is 0 Å². The third kappa shape index (κ3) is 4.33. The zero-order valence-electron chi connectivity index (χ0n) is 13.2. The summed E-state index contributed by atoms with van der Waals surface area (Å²) in [5.41, 5.74) is 1.28. The maximum Gasteiger partial charge on any atom is 0.264 e. The molecule has 1 heterocycles. The molecule has 2 aromatic rings. The first kappa shape index (κ1) is 16.5. The van der Waals surface area contributed by atoms with Gasteiger partial charge in [-0.3, -0.25) is 4.90 Å². The Kier molecular flexibility index (Phi) is 5.12. The van der Waals surface area contributed by atoms with Crippen LogP contribution in [0.1, 0.15) is 5.56 Å². The lowest BCUT2D eigenvalue weighted by atomic mass is 10.1. The largest absolute Gasteiger partial charge is 0.343 e. The van der Waals surface area contributed by atoms with Gasteiger partial charge in [-0.05, 0) is 24.1 Å². The van der Waals surface area contributed by atoms with Gasteiger partial charge in [0, 0.05) is 6.54 Å². The SMILES string of the molecule is O=S(=O)(NC1=NCN(CCc2ccccc2)CN1)c1ccccc1. The summed E-state index contributed by atoms with van der Waals surface area (Å²) < 4.78 is 27.0. The van der Waals surface area contributed by atoms with E-state index in [2.05, 4.69) is 32.1 Å². The topological polar surface area (TPSA) is 73.8 Å². The number of rotatable bonds is 5. The van der Waals surface area contributed by atoms with E-state index < -0.39 is 10.0 Å². The van der Waals surface area contributed by atoms with E-state index in [9.17, 15) is 8.42 Å². The van der Waals surface area contributed by atoms with Gasteiger partial charge in [-0.2, -0.15) is 0 Å². The molecular weight excluding hydrogens is 324 g/mol. The lowest BCUT2D eigenvalue weighted by Gasteiger charge is -2.26. The van der Waals surface area contributed by atoms with Gasteiger partial charge in [-0.1, -0.05) is 48.5 Å². The first-order valence-corrected chi connectivity index (χ1v) is 9.24. The van der Waals surface area contributed by atoms with Crippen molar-refractivity contribution in [2.45, 2.75) is 11.3 Å². The summed E-state index contributed by atoms with van der Waals surface area (Å²) in [6.07, 6.45) is 0.934. The molecule has 2 N–H and O–H groups in total. The molecule has 0 bridgehead atoms. The highest BCUT2D eigenvalue weighted by molar-refractivity contribution is 7.90. The van der Waals surface area contributed by atoms with Crippen LogP contribution in [0.2, 0.25) is 0 Å². The zero-order valence-corrected chi connectivity index (χ0v) is 14.0. The van der Waals surface area contributed by atoms with Gasteiger partial charge in [-0.15, -0.1) is 0 Å². The number of hydrogen-bond acceptors (Lipinski definition) is 5. The number of benzene rings is 2. The highest BCUT2D eigenvalue weighted by Crippen LogP contribution is 2.07. The Balaban J connectivity index is 1.54. The average Bonchev–Trinajstić information content (AvgIpc) is 2.62. The van der Waals surface area contributed by atoms with Crippen LogP contribution >= 0.6 is 0 Å². The third-order valence-corrected chi connectivity index (χ3v) is 5.10. The molecule has 7 heteroatoms. The van der Waals surface area contributed by atoms with Crippen LogP contribution in [-0.4, -0.2) is 39.2 Å². The molecule has 3 rings (SSSR count). The maximum absolute atomic E-state index is 12.2. The first-order chi connectivity index (χ1) is 11.6. The van der Waals surface area contributed by atoms with E-state index in [0.717, 1.165) is 13.0 Å². The summed E-state index contributed by atoms with van der Waals surface area (Å²) in [5.74, 6) is 0.287. The zero-order chi connectivity index (χ0) is 16.8. The van der Waals surface area contributed by atoms with Crippen LogP contribution in [0, 0.1) is 0 Å². The lowest BCUT2D eigenvalue weighted by molar-refractivity contribution is 0.267. The van der Waals surface area contributed by atoms with Gasteiger partial charge in [0.25, 0.3) is 10.0 Å². The minimum Gasteiger partial charge on any atom is -0.343 e. The molecule has 6 nitrogen and oxygen atoms in total. The van der Waals surface area contributed by atoms with Gasteiger partial charge in [-0.25, -0.2) is 18.1 Å². The second-order valence-electron chi connectivity index (χ2n) is 5.53. The Bertz CT molecular complexity index is 792. The molecule has 0 radical (unpaired) electrons. The summed E-state index contributed by atoms with van der Waals surface area (Å²) in [6.45, 7) is 1.88. The molecule has 126 valence electrons. The second kappa shape index (κ2) is 7.46. The van der Waals surface area contributed by atoms with Crippen molar-refractivity contribution in [3.05, 3.63) is 66.2 Å². The van der Waals surface area contributed by atoms with Crippen molar-refractivity contribution in [3.8, 4) is 0 Å². The Morgan fingerprint density at radius 1 is 1.04 bits per heavy atom. The summed E-state index contributed by atoms with van der Waals surface area (Å²) in [7, 11) is -3.59. The van der Waals surface area contributed by atoms with Crippen LogP contribution in [0.4, 0.5) is 0 Å². The van der Waals surface area contributed by atoms with Crippen molar-refractivity contribution in [2.75, 3.05) is 19.9 Å². The molecule has 0 saturated heterocycles. The van der Waals surface area contributed by atoms with E-state index in [0.29, 0.717) is 13.3 Å². The quantitative estimate of drug-likeness (QED) is 0.859. The number of hydrogen-bond donors (Lipinski definition) is 2. The van der Waals surface area contributed by atoms with Crippen LogP contribution in [0.5, 0.6) is 0 Å². The smallest absolute Gasteiger partial charge is 0.264 e. The Morgan fingerprint density at radius 3 is 2.33 bits per heavy atom. The fourth-order valence-corrected chi connectivity index (χ4v) is 3.42. The average molecular weight is 344 g/mol. The van der Waals surface area contributed by atoms with Crippen molar-refractivity contribution >= 4 is 16.0 Å². The minimum absolute atomic E-state index is 0.223. The molecule has 0 aliphatic carbocycles. The summed E-state index contributed by atoms with van der Waals surface area (Å²) in [6, 6.07) is 18.5. The van der Waals surface area contributed by atoms with E-state index in [-0.39, 0.29) is 10.9 Å². The molecule has 0 atom stereocenters. The molecule has 0 unspecified atom stereocenters. The van der Waals surface area contributed by atoms with Gasteiger partial charge in [0.05, 0.1) is 18.2 Å². The molecule has 0 saturated carbocycles. The predicted octanol–water partition coefficient (Wildman–Crippen LogP) is 1.38. The van der Waals surface area contributed by atoms with Crippen molar-refractivity contribution in [1.29, 1.82) is 0 Å². The molecular formula is C17H20N4O2S. The number of nitrogens with one attached hydrogen (secondary N) is 2. The fourth-order valence-electron chi connectivity index (χ4n) is 2.40. The number of sulfonamides is 1. The van der Waals surface area contributed by atoms with Crippen LogP contribution in [0.25, 0.3) is 0 Å². The second-order valence-corrected chi connectivity index (χ2v) is 7.21. The molecule has 2 aromatic carbocycles.